The molecule has 0 heterocycles. The highest BCUT2D eigenvalue weighted by molar-refractivity contribution is 5.99. The molecular weight excluding hydrogens is 280 g/mol. The Labute approximate surface area is 129 Å². The molecule has 0 saturated heterocycles. The van der Waals surface area contributed by atoms with Crippen LogP contribution in [0.3, 0.4) is 0 Å². The van der Waals surface area contributed by atoms with Crippen molar-refractivity contribution in [2.45, 2.75) is 26.2 Å². The van der Waals surface area contributed by atoms with Crippen LogP contribution < -0.4 is 0 Å². The number of carboxylic acid groups (broad SMARTS) is 2. The third kappa shape index (κ3) is 3.17. The summed E-state index contributed by atoms with van der Waals surface area (Å²) in [7, 11) is 0. The standard InChI is InChI=1S/C18H18O4/c1-18(2,3)13-7-4-11(5-8-13)15-10-12(16(19)20)6-9-14(15)17(21)22/h4-10H,1-3H3,(H,19,20)(H,21,22). The predicted molar refractivity (Wildman–Crippen MR) is 84.5 cm³/mol. The van der Waals surface area contributed by atoms with Crippen molar-refractivity contribution in [3.8, 4) is 11.1 Å². The van der Waals surface area contributed by atoms with Crippen molar-refractivity contribution in [2.24, 2.45) is 0 Å². The lowest BCUT2D eigenvalue weighted by molar-refractivity contribution is 0.0682. The van der Waals surface area contributed by atoms with Gasteiger partial charge in [-0.05, 0) is 40.3 Å². The normalized spacial score (nSPS) is 11.2. The molecular formula is C18H18O4. The maximum absolute atomic E-state index is 11.4. The van der Waals surface area contributed by atoms with Gasteiger partial charge in [0.1, 0.15) is 0 Å². The van der Waals surface area contributed by atoms with Gasteiger partial charge in [-0.15, -0.1) is 0 Å². The molecule has 2 N–H and O–H groups in total. The first-order valence-electron chi connectivity index (χ1n) is 6.91. The van der Waals surface area contributed by atoms with Gasteiger partial charge in [0.05, 0.1) is 11.1 Å². The average molecular weight is 298 g/mol. The molecule has 0 amide bonds. The Morgan fingerprint density at radius 2 is 1.45 bits per heavy atom. The van der Waals surface area contributed by atoms with Gasteiger partial charge in [-0.25, -0.2) is 9.59 Å². The van der Waals surface area contributed by atoms with Gasteiger partial charge in [0, 0.05) is 0 Å². The summed E-state index contributed by atoms with van der Waals surface area (Å²) in [6, 6.07) is 11.6. The van der Waals surface area contributed by atoms with Crippen LogP contribution in [0, 0.1) is 0 Å². The molecule has 2 aromatic carbocycles. The van der Waals surface area contributed by atoms with Crippen LogP contribution >= 0.6 is 0 Å². The monoisotopic (exact) mass is 298 g/mol. The summed E-state index contributed by atoms with van der Waals surface area (Å²) in [5.74, 6) is -2.16. The number of benzene rings is 2. The Balaban J connectivity index is 2.57. The first kappa shape index (κ1) is 15.8. The molecule has 114 valence electrons. The highest BCUT2D eigenvalue weighted by atomic mass is 16.4. The van der Waals surface area contributed by atoms with Crippen LogP contribution in [0.4, 0.5) is 0 Å². The molecule has 0 bridgehead atoms. The maximum Gasteiger partial charge on any atom is 0.336 e. The van der Waals surface area contributed by atoms with Crippen LogP contribution in [0.25, 0.3) is 11.1 Å². The molecule has 2 aromatic rings. The van der Waals surface area contributed by atoms with Crippen molar-refractivity contribution in [3.63, 3.8) is 0 Å². The summed E-state index contributed by atoms with van der Waals surface area (Å²) in [5, 5.41) is 18.4. The van der Waals surface area contributed by atoms with Gasteiger partial charge in [0.15, 0.2) is 0 Å². The second-order valence-corrected chi connectivity index (χ2v) is 6.20. The highest BCUT2D eigenvalue weighted by Crippen LogP contribution is 2.29. The molecule has 0 spiro atoms. The van der Waals surface area contributed by atoms with Crippen molar-refractivity contribution in [1.29, 1.82) is 0 Å². The number of carboxylic acids is 2. The Morgan fingerprint density at radius 3 is 1.91 bits per heavy atom. The lowest BCUT2D eigenvalue weighted by atomic mass is 9.86. The minimum absolute atomic E-state index is 0.00291. The van der Waals surface area contributed by atoms with Gasteiger partial charge in [0.2, 0.25) is 0 Å². The van der Waals surface area contributed by atoms with Crippen LogP contribution in [-0.4, -0.2) is 22.2 Å². The van der Waals surface area contributed by atoms with Crippen LogP contribution in [0.15, 0.2) is 42.5 Å². The Hall–Kier alpha value is -2.62. The molecule has 0 aliphatic heterocycles. The molecule has 0 radical (unpaired) electrons. The predicted octanol–water partition coefficient (Wildman–Crippen LogP) is 4.05. The number of hydrogen-bond acceptors (Lipinski definition) is 2. The fourth-order valence-corrected chi connectivity index (χ4v) is 2.25. The number of aromatic carboxylic acids is 2. The van der Waals surface area contributed by atoms with Gasteiger partial charge < -0.3 is 10.2 Å². The lowest BCUT2D eigenvalue weighted by Crippen LogP contribution is -2.10. The second kappa shape index (κ2) is 5.64. The average Bonchev–Trinajstić information content (AvgIpc) is 2.45. The van der Waals surface area contributed by atoms with Gasteiger partial charge in [-0.1, -0.05) is 45.0 Å². The summed E-state index contributed by atoms with van der Waals surface area (Å²) in [6.07, 6.45) is 0. The van der Waals surface area contributed by atoms with E-state index in [2.05, 4.69) is 20.8 Å². The molecule has 4 heteroatoms. The zero-order chi connectivity index (χ0) is 16.5. The molecule has 4 nitrogen and oxygen atoms in total. The zero-order valence-corrected chi connectivity index (χ0v) is 12.8. The van der Waals surface area contributed by atoms with Crippen LogP contribution in [-0.2, 0) is 5.41 Å². The summed E-state index contributed by atoms with van der Waals surface area (Å²) in [5.41, 5.74) is 2.38. The minimum atomic E-state index is -1.08. The van der Waals surface area contributed by atoms with Gasteiger partial charge >= 0.3 is 11.9 Å². The van der Waals surface area contributed by atoms with E-state index in [0.717, 1.165) is 5.56 Å². The SMILES string of the molecule is CC(C)(C)c1ccc(-c2cc(C(=O)O)ccc2C(=O)O)cc1. The smallest absolute Gasteiger partial charge is 0.336 e. The molecule has 0 saturated carbocycles. The molecule has 2 rings (SSSR count). The van der Waals surface area contributed by atoms with Crippen molar-refractivity contribution in [1.82, 2.24) is 0 Å². The maximum atomic E-state index is 11.4. The third-order valence-electron chi connectivity index (χ3n) is 3.56. The number of carbonyl (C=O) groups is 2. The van der Waals surface area contributed by atoms with Crippen LogP contribution in [0.1, 0.15) is 47.1 Å². The second-order valence-electron chi connectivity index (χ2n) is 6.20. The van der Waals surface area contributed by atoms with E-state index in [9.17, 15) is 14.7 Å². The van der Waals surface area contributed by atoms with E-state index in [4.69, 9.17) is 5.11 Å². The summed E-state index contributed by atoms with van der Waals surface area (Å²) >= 11 is 0. The quantitative estimate of drug-likeness (QED) is 0.896. The largest absolute Gasteiger partial charge is 0.478 e. The fourth-order valence-electron chi connectivity index (χ4n) is 2.25. The van der Waals surface area contributed by atoms with E-state index >= 15 is 0 Å². The molecule has 0 aliphatic carbocycles. The summed E-state index contributed by atoms with van der Waals surface area (Å²) in [6.45, 7) is 6.28. The van der Waals surface area contributed by atoms with Crippen molar-refractivity contribution in [3.05, 3.63) is 59.2 Å². The highest BCUT2D eigenvalue weighted by Gasteiger charge is 2.17. The van der Waals surface area contributed by atoms with Gasteiger partial charge in [-0.3, -0.25) is 0 Å². The Bertz CT molecular complexity index is 722. The number of rotatable bonds is 3. The van der Waals surface area contributed by atoms with E-state index in [1.807, 2.05) is 24.3 Å². The van der Waals surface area contributed by atoms with Crippen LogP contribution in [0.5, 0.6) is 0 Å². The number of hydrogen-bond donors (Lipinski definition) is 2. The van der Waals surface area contributed by atoms with Crippen molar-refractivity contribution in [2.75, 3.05) is 0 Å². The van der Waals surface area contributed by atoms with Gasteiger partial charge in [0.25, 0.3) is 0 Å². The van der Waals surface area contributed by atoms with E-state index in [-0.39, 0.29) is 16.5 Å². The van der Waals surface area contributed by atoms with E-state index in [0.29, 0.717) is 11.1 Å². The van der Waals surface area contributed by atoms with E-state index in [1.165, 1.54) is 18.2 Å². The first-order chi connectivity index (χ1) is 10.2. The van der Waals surface area contributed by atoms with Crippen molar-refractivity contribution >= 4 is 11.9 Å². The van der Waals surface area contributed by atoms with Crippen LogP contribution in [0.2, 0.25) is 0 Å². The van der Waals surface area contributed by atoms with E-state index in [1.54, 1.807) is 0 Å². The summed E-state index contributed by atoms with van der Waals surface area (Å²) in [4.78, 5) is 22.5. The molecule has 0 aromatic heterocycles. The Morgan fingerprint density at radius 1 is 0.864 bits per heavy atom. The zero-order valence-electron chi connectivity index (χ0n) is 12.8. The molecule has 0 atom stereocenters. The molecule has 0 fully saturated rings. The molecule has 22 heavy (non-hydrogen) atoms. The summed E-state index contributed by atoms with van der Waals surface area (Å²) < 4.78 is 0. The minimum Gasteiger partial charge on any atom is -0.478 e. The van der Waals surface area contributed by atoms with Gasteiger partial charge in [-0.2, -0.15) is 0 Å². The molecule has 0 aliphatic rings. The van der Waals surface area contributed by atoms with Crippen molar-refractivity contribution < 1.29 is 19.8 Å². The fraction of sp³-hybridized carbons (Fsp3) is 0.222. The third-order valence-corrected chi connectivity index (χ3v) is 3.56. The first-order valence-corrected chi connectivity index (χ1v) is 6.91. The molecule has 0 unspecified atom stereocenters. The Kier molecular flexibility index (Phi) is 4.04. The van der Waals surface area contributed by atoms with E-state index < -0.39 is 11.9 Å². The topological polar surface area (TPSA) is 74.6 Å². The lowest BCUT2D eigenvalue weighted by Gasteiger charge is -2.19.